The van der Waals surface area contributed by atoms with Gasteiger partial charge in [0.1, 0.15) is 23.4 Å². The maximum absolute atomic E-state index is 13.8. The number of nitrogens with zero attached hydrogens (tertiary/aromatic N) is 5. The molecule has 4 aromatic heterocycles. The number of methoxy groups -OCH3 is 1. The van der Waals surface area contributed by atoms with Crippen molar-refractivity contribution in [2.75, 3.05) is 20.2 Å². The maximum atomic E-state index is 13.8. The number of ether oxygens (including phenoxy) is 2. The van der Waals surface area contributed by atoms with Crippen LogP contribution in [0.5, 0.6) is 5.75 Å². The molecule has 4 aliphatic rings. The second-order valence-corrected chi connectivity index (χ2v) is 19.8. The van der Waals surface area contributed by atoms with E-state index in [-0.39, 0.29) is 42.0 Å². The van der Waals surface area contributed by atoms with Crippen LogP contribution in [0.15, 0.2) is 60.9 Å². The molecule has 6 aromatic rings. The minimum atomic E-state index is -0.701. The van der Waals surface area contributed by atoms with Crippen LogP contribution in [0.25, 0.3) is 44.7 Å². The van der Waals surface area contributed by atoms with Gasteiger partial charge >= 0.3 is 6.09 Å². The van der Waals surface area contributed by atoms with E-state index in [9.17, 15) is 14.4 Å². The molecule has 10 rings (SSSR count). The fourth-order valence-electron chi connectivity index (χ4n) is 9.92. The standard InChI is InChI=1S/C49H57N9O5S/c1-25(2)42(50)46(59)56-17-7-9-35(56)44-52-24-33(54-44)30-19-27(5)41-37-21-31-20-29(13-14-34(31)58(37)48(63-38(41)22-30)40-16-15-39(64-40)28-11-12-28)32-23-51-45(53-32)36-10-8-18-57(36)47(60)43(26(3)4)55-49(61)62-6/h13-16,19-26,28,35-36,42-43,48H,7-12,17-18,50H2,1-6H3,(H,51,53)(H,52,54)(H,55,61). The van der Waals surface area contributed by atoms with Gasteiger partial charge in [0.25, 0.3) is 0 Å². The Labute approximate surface area is 376 Å². The number of imidazole rings is 2. The first kappa shape index (κ1) is 42.0. The monoisotopic (exact) mass is 883 g/mol. The van der Waals surface area contributed by atoms with Crippen LogP contribution in [0.2, 0.25) is 0 Å². The number of likely N-dealkylation sites (tertiary alicyclic amines) is 2. The molecular formula is C49H57N9O5S. The lowest BCUT2D eigenvalue weighted by molar-refractivity contribution is -0.136. The van der Waals surface area contributed by atoms with Crippen molar-refractivity contribution in [2.45, 2.75) is 109 Å². The summed E-state index contributed by atoms with van der Waals surface area (Å²) < 4.78 is 14.3. The van der Waals surface area contributed by atoms with Gasteiger partial charge in [-0.05, 0) is 111 Å². The highest BCUT2D eigenvalue weighted by Crippen LogP contribution is 2.50. The van der Waals surface area contributed by atoms with Gasteiger partial charge in [-0.15, -0.1) is 11.3 Å². The van der Waals surface area contributed by atoms with Crippen LogP contribution in [-0.4, -0.2) is 84.5 Å². The Bertz CT molecular complexity index is 2760. The van der Waals surface area contributed by atoms with E-state index in [1.807, 2.05) is 61.2 Å². The molecule has 0 spiro atoms. The molecule has 1 saturated carbocycles. The number of carbonyl (C=O) groups is 3. The van der Waals surface area contributed by atoms with Crippen LogP contribution in [0, 0.1) is 18.8 Å². The number of benzene rings is 2. The van der Waals surface area contributed by atoms with Crippen LogP contribution in [0.1, 0.15) is 117 Å². The molecule has 3 aliphatic heterocycles. The van der Waals surface area contributed by atoms with Gasteiger partial charge in [-0.2, -0.15) is 0 Å². The van der Waals surface area contributed by atoms with Crippen molar-refractivity contribution in [3.8, 4) is 39.5 Å². The molecule has 3 amide bonds. The van der Waals surface area contributed by atoms with E-state index >= 15 is 0 Å². The number of aryl methyl sites for hydroxylation is 1. The first-order valence-electron chi connectivity index (χ1n) is 22.8. The molecule has 15 heteroatoms. The summed E-state index contributed by atoms with van der Waals surface area (Å²) in [6, 6.07) is 16.0. The van der Waals surface area contributed by atoms with Gasteiger partial charge < -0.3 is 40.3 Å². The number of hydrogen-bond acceptors (Lipinski definition) is 9. The highest BCUT2D eigenvalue weighted by molar-refractivity contribution is 7.12. The summed E-state index contributed by atoms with van der Waals surface area (Å²) >= 11 is 1.84. The molecule has 64 heavy (non-hydrogen) atoms. The third-order valence-corrected chi connectivity index (χ3v) is 14.9. The van der Waals surface area contributed by atoms with Crippen molar-refractivity contribution in [3.63, 3.8) is 0 Å². The van der Waals surface area contributed by atoms with Gasteiger partial charge in [0.15, 0.2) is 0 Å². The summed E-state index contributed by atoms with van der Waals surface area (Å²) in [5.74, 6) is 2.73. The van der Waals surface area contributed by atoms with Gasteiger partial charge in [-0.3, -0.25) is 14.2 Å². The number of alkyl carbamates (subject to hydrolysis) is 1. The Balaban J connectivity index is 0.978. The number of aromatic nitrogens is 5. The summed E-state index contributed by atoms with van der Waals surface area (Å²) in [7, 11) is 1.30. The molecule has 2 saturated heterocycles. The van der Waals surface area contributed by atoms with Crippen molar-refractivity contribution in [2.24, 2.45) is 17.6 Å². The van der Waals surface area contributed by atoms with E-state index in [1.165, 1.54) is 24.8 Å². The van der Waals surface area contributed by atoms with Gasteiger partial charge in [-0.25, -0.2) is 14.8 Å². The normalized spacial score (nSPS) is 20.4. The topological polar surface area (TPSA) is 176 Å². The average molecular weight is 884 g/mol. The van der Waals surface area contributed by atoms with Gasteiger partial charge in [-0.1, -0.05) is 33.8 Å². The molecule has 3 fully saturated rings. The Morgan fingerprint density at radius 3 is 2.12 bits per heavy atom. The third-order valence-electron chi connectivity index (χ3n) is 13.6. The van der Waals surface area contributed by atoms with Gasteiger partial charge in [0.2, 0.25) is 18.0 Å². The lowest BCUT2D eigenvalue weighted by atomic mass is 9.98. The van der Waals surface area contributed by atoms with Crippen molar-refractivity contribution in [1.29, 1.82) is 0 Å². The fraction of sp³-hybridized carbons (Fsp3) is 0.449. The van der Waals surface area contributed by atoms with Crippen molar-refractivity contribution >= 4 is 40.1 Å². The highest BCUT2D eigenvalue weighted by atomic mass is 32.1. The molecule has 5 atom stereocenters. The zero-order chi connectivity index (χ0) is 44.6. The zero-order valence-electron chi connectivity index (χ0n) is 37.3. The number of rotatable bonds is 11. The minimum Gasteiger partial charge on any atom is -0.464 e. The summed E-state index contributed by atoms with van der Waals surface area (Å²) in [6.07, 6.45) is 8.56. The van der Waals surface area contributed by atoms with Gasteiger partial charge in [0.05, 0.1) is 65.1 Å². The number of fused-ring (bicyclic) bond motifs is 5. The highest BCUT2D eigenvalue weighted by Gasteiger charge is 2.39. The molecule has 7 heterocycles. The van der Waals surface area contributed by atoms with Crippen molar-refractivity contribution < 1.29 is 23.9 Å². The summed E-state index contributed by atoms with van der Waals surface area (Å²) in [6.45, 7) is 11.2. The first-order valence-corrected chi connectivity index (χ1v) is 23.6. The number of thiophene rings is 1. The van der Waals surface area contributed by atoms with Crippen LogP contribution in [-0.2, 0) is 14.3 Å². The minimum absolute atomic E-state index is 0.0221. The van der Waals surface area contributed by atoms with Crippen LogP contribution < -0.4 is 15.8 Å². The fourth-order valence-corrected chi connectivity index (χ4v) is 11.1. The molecule has 5 unspecified atom stereocenters. The smallest absolute Gasteiger partial charge is 0.407 e. The zero-order valence-corrected chi connectivity index (χ0v) is 38.1. The van der Waals surface area contributed by atoms with E-state index in [4.69, 9.17) is 25.2 Å². The molecule has 334 valence electrons. The Kier molecular flexibility index (Phi) is 10.9. The quantitative estimate of drug-likeness (QED) is 0.0997. The van der Waals surface area contributed by atoms with Crippen LogP contribution >= 0.6 is 11.3 Å². The Morgan fingerprint density at radius 2 is 1.48 bits per heavy atom. The van der Waals surface area contributed by atoms with E-state index < -0.39 is 18.2 Å². The first-order chi connectivity index (χ1) is 30.9. The average Bonchev–Trinajstić information content (AvgIpc) is 4.00. The Morgan fingerprint density at radius 1 is 0.828 bits per heavy atom. The molecule has 5 N–H and O–H groups in total. The number of nitrogens with one attached hydrogen (secondary N) is 3. The number of hydrogen-bond donors (Lipinski definition) is 4. The summed E-state index contributed by atoms with van der Waals surface area (Å²) in [4.78, 5) is 62.4. The number of carbonyl (C=O) groups excluding carboxylic acids is 3. The summed E-state index contributed by atoms with van der Waals surface area (Å²) in [5, 5.41) is 3.81. The van der Waals surface area contributed by atoms with E-state index in [2.05, 4.69) is 75.3 Å². The lowest BCUT2D eigenvalue weighted by Gasteiger charge is -2.31. The summed E-state index contributed by atoms with van der Waals surface area (Å²) in [5.41, 5.74) is 14.3. The SMILES string of the molecule is COC(=O)NC(C(=O)N1CCCC1c1ncc(-c2ccc3c(c2)cc2n3C(c3ccc(C4CC4)s3)Oc3cc(-c4cnc(C5CCCN5C(=O)C(N)C(C)C)[nH]4)cc(C)c3-2)[nH]1)C(C)C. The second-order valence-electron chi connectivity index (χ2n) is 18.7. The number of H-pyrrole nitrogens is 2. The van der Waals surface area contributed by atoms with Crippen molar-refractivity contribution in [3.05, 3.63) is 87.9 Å². The van der Waals surface area contributed by atoms with E-state index in [1.54, 1.807) is 0 Å². The van der Waals surface area contributed by atoms with Crippen LogP contribution in [0.4, 0.5) is 4.79 Å². The molecular weight excluding hydrogens is 827 g/mol. The van der Waals surface area contributed by atoms with Crippen molar-refractivity contribution in [1.82, 2.24) is 39.6 Å². The predicted octanol–water partition coefficient (Wildman–Crippen LogP) is 8.97. The predicted molar refractivity (Wildman–Crippen MR) is 247 cm³/mol. The van der Waals surface area contributed by atoms with E-state index in [0.29, 0.717) is 19.0 Å². The van der Waals surface area contributed by atoms with E-state index in [0.717, 1.165) is 98.2 Å². The van der Waals surface area contributed by atoms with Crippen LogP contribution in [0.3, 0.4) is 0 Å². The lowest BCUT2D eigenvalue weighted by Crippen LogP contribution is -2.51. The maximum Gasteiger partial charge on any atom is 0.407 e. The molecule has 0 bridgehead atoms. The largest absolute Gasteiger partial charge is 0.464 e. The molecule has 2 aromatic carbocycles. The molecule has 1 aliphatic carbocycles. The molecule has 0 radical (unpaired) electrons. The molecule has 14 nitrogen and oxygen atoms in total. The Hall–Kier alpha value is -5.93. The third kappa shape index (κ3) is 7.45. The number of aromatic amines is 2. The number of nitrogens with two attached hydrogens (primary N) is 1. The number of amides is 3. The second kappa shape index (κ2) is 16.6. The van der Waals surface area contributed by atoms with Gasteiger partial charge in [0, 0.05) is 40.0 Å².